The third kappa shape index (κ3) is 24.6. The van der Waals surface area contributed by atoms with Gasteiger partial charge in [0.15, 0.2) is 17.3 Å². The summed E-state index contributed by atoms with van der Waals surface area (Å²) in [4.78, 5) is 123. The predicted octanol–water partition coefficient (Wildman–Crippen LogP) is 11.3. The molecule has 24 nitrogen and oxygen atoms in total. The lowest BCUT2D eigenvalue weighted by Gasteiger charge is -2.15. The van der Waals surface area contributed by atoms with E-state index in [1.54, 1.807) is 48.7 Å². The number of esters is 1. The van der Waals surface area contributed by atoms with Crippen LogP contribution in [0.4, 0.5) is 17.1 Å². The van der Waals surface area contributed by atoms with Crippen LogP contribution in [-0.2, 0) is 66.7 Å². The van der Waals surface area contributed by atoms with Crippen molar-refractivity contribution < 1.29 is 86.2 Å². The van der Waals surface area contributed by atoms with Crippen LogP contribution in [0.1, 0.15) is 180 Å². The van der Waals surface area contributed by atoms with Crippen LogP contribution in [0.25, 0.3) is 39.0 Å². The monoisotopic (exact) mass is 1470 g/mol. The molecule has 572 valence electrons. The van der Waals surface area contributed by atoms with Gasteiger partial charge in [0.05, 0.1) is 26.4 Å². The second-order valence-electron chi connectivity index (χ2n) is 26.0. The van der Waals surface area contributed by atoms with E-state index in [0.29, 0.717) is 151 Å². The Morgan fingerprint density at radius 2 is 0.720 bits per heavy atom. The van der Waals surface area contributed by atoms with Gasteiger partial charge in [-0.1, -0.05) is 79.4 Å². The molecule has 0 aliphatic heterocycles. The fraction of sp³-hybridized carbons (Fsp3) is 0.422. The number of aliphatic hydroxyl groups excluding tert-OH is 1. The fourth-order valence-electron chi connectivity index (χ4n) is 13.1. The molecule has 107 heavy (non-hydrogen) atoms. The van der Waals surface area contributed by atoms with Crippen LogP contribution in [0, 0.1) is 0 Å². The van der Waals surface area contributed by atoms with Crippen LogP contribution < -0.4 is 31.9 Å². The zero-order chi connectivity index (χ0) is 77.2. The minimum absolute atomic E-state index is 0.0293. The summed E-state index contributed by atoms with van der Waals surface area (Å²) in [5.41, 5.74) is 15.5. The number of Topliss-reactive ketones (excluding diaryl/α,β-unsaturated/α-hetero) is 3. The molecular weight excluding hydrogens is 1370 g/mol. The summed E-state index contributed by atoms with van der Waals surface area (Å²) < 4.78 is 35.3. The summed E-state index contributed by atoms with van der Waals surface area (Å²) in [6.07, 6.45) is 5.92. The van der Waals surface area contributed by atoms with E-state index < -0.39 is 0 Å². The smallest absolute Gasteiger partial charge is 0.302 e. The molecule has 2 atom stereocenters. The maximum absolute atomic E-state index is 13.1. The van der Waals surface area contributed by atoms with Crippen molar-refractivity contribution in [2.75, 3.05) is 131 Å². The van der Waals surface area contributed by atoms with Gasteiger partial charge in [-0.25, -0.2) is 0 Å². The molecule has 0 radical (unpaired) electrons. The normalized spacial score (nSPS) is 13.0. The maximum atomic E-state index is 13.1. The molecule has 0 fully saturated rings. The standard InChI is InChI=1S/C29H36N2O7.C27H34N2O6.C27H32N2O5/c1-19(32)38-18-25-21-7-4-8-23(26(33)9-6-15-36-2)29(21)22-13-12-20(17-24(22)25)31-28(35)11-5-10-27(34)30-14-16-37-3;1-34-14-5-8-24(31)21-7-3-6-19-23(17-30)22-16-18(11-12-20(22)27(19)21)29-26(33)10-4-9-25(32)28-13-15-35-2;1-18-20-7-4-8-22(24(30)9-6-15-33-2)27(20)21-13-12-19(17-23(18)21)29-26(32)11-5-10-25(31)28-14-16-34-3/h4,7-8,12-13,17,25H,5-6,9-11,14-16,18H2,1-3H3,(H,30,34)(H,31,35);3,6-7,11-12,16,23,30H,4-5,8-10,13-15,17H2,1-2H3,(H,28,32)(H,29,33);4,7-8,12-13,17H,1,5-6,9-11,14-16H2,2-3H3,(H,28,31)(H,29,32). The van der Waals surface area contributed by atoms with Gasteiger partial charge in [0.25, 0.3) is 0 Å². The van der Waals surface area contributed by atoms with Gasteiger partial charge < -0.3 is 70.2 Å². The Morgan fingerprint density at radius 3 is 1.11 bits per heavy atom. The molecule has 6 aromatic carbocycles. The van der Waals surface area contributed by atoms with E-state index in [-0.39, 0.29) is 122 Å². The lowest BCUT2D eigenvalue weighted by Crippen LogP contribution is -2.26. The molecule has 2 unspecified atom stereocenters. The van der Waals surface area contributed by atoms with Crippen LogP contribution in [0.15, 0.2) is 116 Å². The van der Waals surface area contributed by atoms with Crippen molar-refractivity contribution in [1.29, 1.82) is 0 Å². The molecule has 0 bridgehead atoms. The zero-order valence-electron chi connectivity index (χ0n) is 62.5. The number of benzene rings is 6. The average molecular weight is 1470 g/mol. The van der Waals surface area contributed by atoms with Crippen molar-refractivity contribution in [3.05, 3.63) is 166 Å². The second kappa shape index (κ2) is 44.3. The number of methoxy groups -OCH3 is 6. The lowest BCUT2D eigenvalue weighted by atomic mass is 9.93. The highest BCUT2D eigenvalue weighted by Crippen LogP contribution is 2.50. The Balaban J connectivity index is 0.000000224. The summed E-state index contributed by atoms with van der Waals surface area (Å²) in [6, 6.07) is 33.8. The minimum atomic E-state index is -0.387. The van der Waals surface area contributed by atoms with E-state index in [9.17, 15) is 53.1 Å². The number of ether oxygens (including phenoxy) is 7. The number of hydrogen-bond acceptors (Lipinski definition) is 18. The van der Waals surface area contributed by atoms with Crippen molar-refractivity contribution in [2.24, 2.45) is 0 Å². The van der Waals surface area contributed by atoms with E-state index in [0.717, 1.165) is 72.3 Å². The number of nitrogens with one attached hydrogen (secondary N) is 6. The number of hydrogen-bond donors (Lipinski definition) is 7. The largest absolute Gasteiger partial charge is 0.465 e. The third-order valence-electron chi connectivity index (χ3n) is 18.3. The van der Waals surface area contributed by atoms with Gasteiger partial charge in [0.2, 0.25) is 35.4 Å². The van der Waals surface area contributed by atoms with E-state index in [4.69, 9.17) is 33.2 Å². The average Bonchev–Trinajstić information content (AvgIpc) is 1.61. The maximum Gasteiger partial charge on any atom is 0.302 e. The van der Waals surface area contributed by atoms with Gasteiger partial charge in [-0.2, -0.15) is 0 Å². The molecule has 0 heterocycles. The predicted molar refractivity (Wildman–Crippen MR) is 410 cm³/mol. The summed E-state index contributed by atoms with van der Waals surface area (Å²) in [6.45, 7) is 9.91. The van der Waals surface area contributed by atoms with Crippen LogP contribution in [0.3, 0.4) is 0 Å². The highest BCUT2D eigenvalue weighted by Gasteiger charge is 2.35. The van der Waals surface area contributed by atoms with Crippen LogP contribution in [0.5, 0.6) is 0 Å². The number of aliphatic hydroxyl groups is 1. The van der Waals surface area contributed by atoms with E-state index in [1.807, 2.05) is 103 Å². The first kappa shape index (κ1) is 84.3. The quantitative estimate of drug-likeness (QED) is 0.0106. The van der Waals surface area contributed by atoms with Crippen molar-refractivity contribution in [1.82, 2.24) is 16.0 Å². The molecule has 3 aliphatic rings. The van der Waals surface area contributed by atoms with Gasteiger partial charge in [0.1, 0.15) is 6.61 Å². The van der Waals surface area contributed by atoms with E-state index >= 15 is 0 Å². The summed E-state index contributed by atoms with van der Waals surface area (Å²) in [5, 5.41) is 27.0. The molecule has 0 saturated carbocycles. The van der Waals surface area contributed by atoms with Gasteiger partial charge >= 0.3 is 5.97 Å². The van der Waals surface area contributed by atoms with Gasteiger partial charge in [-0.15, -0.1) is 0 Å². The van der Waals surface area contributed by atoms with Gasteiger partial charge in [-0.05, 0) is 142 Å². The number of ketones is 3. The van der Waals surface area contributed by atoms with Crippen molar-refractivity contribution >= 4 is 81.4 Å². The second-order valence-corrected chi connectivity index (χ2v) is 26.0. The SMILES string of the molecule is C=C1c2cc(NC(=O)CCCC(=O)NCCOC)ccc2-c2c1cccc2C(=O)CCCOC.COCCCC(=O)c1cccc2c1-c1ccc(NC(=O)CCCC(=O)NCCOC)cc1C2CO.COCCCC(=O)c1cccc2c1-c1ccc(NC(=O)CCCC(=O)NCCOC)cc1C2COC(C)=O. The van der Waals surface area contributed by atoms with E-state index in [2.05, 4.69) is 38.5 Å². The first-order valence-corrected chi connectivity index (χ1v) is 36.3. The highest BCUT2D eigenvalue weighted by molar-refractivity contribution is 6.12. The number of carbonyl (C=O) groups is 10. The fourth-order valence-corrected chi connectivity index (χ4v) is 13.1. The van der Waals surface area contributed by atoms with E-state index in [1.165, 1.54) is 6.92 Å². The Kier molecular flexibility index (Phi) is 34.9. The molecule has 6 amide bonds. The van der Waals surface area contributed by atoms with Gasteiger partial charge in [0, 0.05) is 198 Å². The molecule has 0 saturated heterocycles. The summed E-state index contributed by atoms with van der Waals surface area (Å²) in [7, 11) is 9.56. The van der Waals surface area contributed by atoms with Crippen LogP contribution >= 0.6 is 0 Å². The highest BCUT2D eigenvalue weighted by atomic mass is 16.5. The first-order valence-electron chi connectivity index (χ1n) is 36.3. The van der Waals surface area contributed by atoms with Crippen LogP contribution in [-0.4, -0.2) is 179 Å². The molecule has 7 N–H and O–H groups in total. The van der Waals surface area contributed by atoms with Crippen molar-refractivity contribution in [3.63, 3.8) is 0 Å². The first-order chi connectivity index (χ1) is 51.8. The molecule has 24 heteroatoms. The molecule has 3 aliphatic carbocycles. The van der Waals surface area contributed by atoms with Gasteiger partial charge in [-0.3, -0.25) is 47.9 Å². The Bertz CT molecular complexity index is 4110. The molecule has 0 spiro atoms. The lowest BCUT2D eigenvalue weighted by molar-refractivity contribution is -0.141. The number of amides is 6. The number of rotatable bonds is 42. The number of anilines is 3. The summed E-state index contributed by atoms with van der Waals surface area (Å²) >= 11 is 0. The van der Waals surface area contributed by atoms with Crippen LogP contribution in [0.2, 0.25) is 0 Å². The molecular formula is C83H102N6O18. The number of fused-ring (bicyclic) bond motifs is 9. The van der Waals surface area contributed by atoms with Crippen molar-refractivity contribution in [3.8, 4) is 33.4 Å². The Morgan fingerprint density at radius 1 is 0.364 bits per heavy atom. The minimum Gasteiger partial charge on any atom is -0.465 e. The molecule has 0 aromatic heterocycles. The Labute approximate surface area is 626 Å². The topological polar surface area (TPSA) is 328 Å². The van der Waals surface area contributed by atoms with Crippen molar-refractivity contribution in [2.45, 2.75) is 115 Å². The zero-order valence-corrected chi connectivity index (χ0v) is 62.5. The molecule has 9 rings (SSSR count). The Hall–Kier alpha value is -9.92. The third-order valence-corrected chi connectivity index (χ3v) is 18.3. The molecule has 6 aromatic rings. The summed E-state index contributed by atoms with van der Waals surface area (Å²) in [5.74, 6) is -1.61. The number of carbonyl (C=O) groups excluding carboxylic acids is 10.